The lowest BCUT2D eigenvalue weighted by Crippen LogP contribution is -2.49. The minimum absolute atomic E-state index is 0.190. The minimum atomic E-state index is 0.190. The van der Waals surface area contributed by atoms with Gasteiger partial charge in [0.15, 0.2) is 0 Å². The number of nitrogens with two attached hydrogens (primary N) is 1. The number of carbonyl (C=O) groups is 1. The largest absolute Gasteiger partial charge is 0.378 e. The molecular weight excluding hydrogens is 254 g/mol. The highest BCUT2D eigenvalue weighted by Crippen LogP contribution is 2.28. The summed E-state index contributed by atoms with van der Waals surface area (Å²) >= 11 is 0. The van der Waals surface area contributed by atoms with Crippen LogP contribution in [0.15, 0.2) is 0 Å². The van der Waals surface area contributed by atoms with Crippen LogP contribution in [0.5, 0.6) is 0 Å². The van der Waals surface area contributed by atoms with Crippen molar-refractivity contribution in [1.29, 1.82) is 0 Å². The number of hydrogen-bond acceptors (Lipinski definition) is 3. The van der Waals surface area contributed by atoms with Crippen LogP contribution in [0.1, 0.15) is 39.5 Å². The van der Waals surface area contributed by atoms with Crippen LogP contribution in [0.25, 0.3) is 0 Å². The first-order chi connectivity index (χ1) is 9.65. The molecule has 2 saturated heterocycles. The molecule has 2 aliphatic rings. The van der Waals surface area contributed by atoms with E-state index >= 15 is 0 Å². The van der Waals surface area contributed by atoms with Crippen molar-refractivity contribution in [2.45, 2.75) is 51.7 Å². The van der Waals surface area contributed by atoms with Gasteiger partial charge in [0.05, 0.1) is 6.10 Å². The topological polar surface area (TPSA) is 58.8 Å². The summed E-state index contributed by atoms with van der Waals surface area (Å²) in [5, 5.41) is 0. The van der Waals surface area contributed by atoms with E-state index in [9.17, 15) is 4.79 Å². The van der Waals surface area contributed by atoms with Gasteiger partial charge < -0.3 is 20.3 Å². The van der Waals surface area contributed by atoms with E-state index in [1.807, 2.05) is 23.6 Å². The number of urea groups is 1. The quantitative estimate of drug-likeness (QED) is 0.857. The standard InChI is InChI=1S/C15H29N3O2/c1-3-17(4-2)15(19)18-8-5-12(6-9-18)14-11-13(16)7-10-20-14/h12-14H,3-11,16H2,1-2H3. The van der Waals surface area contributed by atoms with Gasteiger partial charge in [0.2, 0.25) is 0 Å². The van der Waals surface area contributed by atoms with Crippen LogP contribution in [0.2, 0.25) is 0 Å². The van der Waals surface area contributed by atoms with Crippen molar-refractivity contribution in [2.75, 3.05) is 32.8 Å². The Morgan fingerprint density at radius 1 is 1.25 bits per heavy atom. The van der Waals surface area contributed by atoms with Crippen LogP contribution in [0, 0.1) is 5.92 Å². The molecule has 116 valence electrons. The number of carbonyl (C=O) groups excluding carboxylic acids is 1. The molecule has 2 unspecified atom stereocenters. The second-order valence-corrected chi connectivity index (χ2v) is 5.97. The summed E-state index contributed by atoms with van der Waals surface area (Å²) in [6, 6.07) is 0.485. The minimum Gasteiger partial charge on any atom is -0.378 e. The van der Waals surface area contributed by atoms with Crippen LogP contribution in [-0.4, -0.2) is 60.8 Å². The predicted molar refractivity (Wildman–Crippen MR) is 79.6 cm³/mol. The maximum Gasteiger partial charge on any atom is 0.319 e. The zero-order valence-electron chi connectivity index (χ0n) is 12.9. The summed E-state index contributed by atoms with van der Waals surface area (Å²) in [5.41, 5.74) is 6.03. The fourth-order valence-corrected chi connectivity index (χ4v) is 3.34. The van der Waals surface area contributed by atoms with Gasteiger partial charge in [0.25, 0.3) is 0 Å². The lowest BCUT2D eigenvalue weighted by atomic mass is 9.86. The van der Waals surface area contributed by atoms with Gasteiger partial charge in [-0.2, -0.15) is 0 Å². The Morgan fingerprint density at radius 3 is 2.45 bits per heavy atom. The molecule has 2 rings (SSSR count). The Bertz CT molecular complexity index is 312. The van der Waals surface area contributed by atoms with Crippen LogP contribution in [0.3, 0.4) is 0 Å². The number of likely N-dealkylation sites (tertiary alicyclic amines) is 1. The fraction of sp³-hybridized carbons (Fsp3) is 0.933. The van der Waals surface area contributed by atoms with E-state index < -0.39 is 0 Å². The zero-order chi connectivity index (χ0) is 14.5. The SMILES string of the molecule is CCN(CC)C(=O)N1CCC(C2CC(N)CCO2)CC1. The van der Waals surface area contributed by atoms with Gasteiger partial charge in [-0.3, -0.25) is 0 Å². The van der Waals surface area contributed by atoms with E-state index in [1.54, 1.807) is 0 Å². The number of hydrogen-bond donors (Lipinski definition) is 1. The summed E-state index contributed by atoms with van der Waals surface area (Å²) in [6.45, 7) is 8.15. The van der Waals surface area contributed by atoms with Crippen molar-refractivity contribution in [3.8, 4) is 0 Å². The first kappa shape index (κ1) is 15.6. The highest BCUT2D eigenvalue weighted by Gasteiger charge is 2.32. The maximum absolute atomic E-state index is 12.3. The van der Waals surface area contributed by atoms with Gasteiger partial charge in [0, 0.05) is 38.8 Å². The molecule has 2 atom stereocenters. The molecule has 0 aromatic rings. The van der Waals surface area contributed by atoms with Gasteiger partial charge in [0.1, 0.15) is 0 Å². The monoisotopic (exact) mass is 283 g/mol. The number of rotatable bonds is 3. The van der Waals surface area contributed by atoms with Crippen molar-refractivity contribution < 1.29 is 9.53 Å². The Balaban J connectivity index is 1.81. The number of amides is 2. The van der Waals surface area contributed by atoms with Gasteiger partial charge >= 0.3 is 6.03 Å². The fourth-order valence-electron chi connectivity index (χ4n) is 3.34. The van der Waals surface area contributed by atoms with Gasteiger partial charge in [-0.05, 0) is 45.4 Å². The molecule has 0 aliphatic carbocycles. The molecule has 0 radical (unpaired) electrons. The number of nitrogens with zero attached hydrogens (tertiary/aromatic N) is 2. The molecule has 0 aromatic carbocycles. The highest BCUT2D eigenvalue weighted by atomic mass is 16.5. The molecule has 2 fully saturated rings. The molecule has 0 aromatic heterocycles. The second-order valence-electron chi connectivity index (χ2n) is 5.97. The van der Waals surface area contributed by atoms with Crippen LogP contribution in [0.4, 0.5) is 4.79 Å². The van der Waals surface area contributed by atoms with Crippen LogP contribution >= 0.6 is 0 Å². The highest BCUT2D eigenvalue weighted by molar-refractivity contribution is 5.74. The molecule has 5 heteroatoms. The average molecular weight is 283 g/mol. The van der Waals surface area contributed by atoms with E-state index in [-0.39, 0.29) is 6.03 Å². The molecule has 2 heterocycles. The Kier molecular flexibility index (Phi) is 5.66. The second kappa shape index (κ2) is 7.27. The maximum atomic E-state index is 12.3. The summed E-state index contributed by atoms with van der Waals surface area (Å²) in [6.07, 6.45) is 4.36. The van der Waals surface area contributed by atoms with Gasteiger partial charge in [-0.15, -0.1) is 0 Å². The first-order valence-electron chi connectivity index (χ1n) is 8.06. The molecular formula is C15H29N3O2. The van der Waals surface area contributed by atoms with Crippen molar-refractivity contribution in [3.05, 3.63) is 0 Å². The third kappa shape index (κ3) is 3.64. The normalized spacial score (nSPS) is 28.4. The third-order valence-electron chi connectivity index (χ3n) is 4.73. The molecule has 2 N–H and O–H groups in total. The Labute approximate surface area is 122 Å². The first-order valence-corrected chi connectivity index (χ1v) is 8.06. The zero-order valence-corrected chi connectivity index (χ0v) is 12.9. The van der Waals surface area contributed by atoms with E-state index in [4.69, 9.17) is 10.5 Å². The smallest absolute Gasteiger partial charge is 0.319 e. The summed E-state index contributed by atoms with van der Waals surface area (Å²) in [4.78, 5) is 16.2. The Morgan fingerprint density at radius 2 is 1.90 bits per heavy atom. The van der Waals surface area contributed by atoms with Crippen molar-refractivity contribution >= 4 is 6.03 Å². The van der Waals surface area contributed by atoms with E-state index in [0.29, 0.717) is 18.1 Å². The predicted octanol–water partition coefficient (Wildman–Crippen LogP) is 1.67. The molecule has 0 saturated carbocycles. The molecule has 2 aliphatic heterocycles. The molecule has 0 bridgehead atoms. The summed E-state index contributed by atoms with van der Waals surface area (Å²) < 4.78 is 5.88. The lowest BCUT2D eigenvalue weighted by molar-refractivity contribution is -0.0417. The van der Waals surface area contributed by atoms with Gasteiger partial charge in [-0.1, -0.05) is 0 Å². The van der Waals surface area contributed by atoms with Gasteiger partial charge in [-0.25, -0.2) is 4.79 Å². The van der Waals surface area contributed by atoms with E-state index in [2.05, 4.69) is 0 Å². The summed E-state index contributed by atoms with van der Waals surface area (Å²) in [5.74, 6) is 0.571. The van der Waals surface area contributed by atoms with E-state index in [0.717, 1.165) is 58.5 Å². The van der Waals surface area contributed by atoms with E-state index in [1.165, 1.54) is 0 Å². The van der Waals surface area contributed by atoms with Crippen molar-refractivity contribution in [3.63, 3.8) is 0 Å². The van der Waals surface area contributed by atoms with Crippen molar-refractivity contribution in [1.82, 2.24) is 9.80 Å². The average Bonchev–Trinajstić information content (AvgIpc) is 2.48. The van der Waals surface area contributed by atoms with Crippen LogP contribution in [-0.2, 0) is 4.74 Å². The molecule has 0 spiro atoms. The molecule has 20 heavy (non-hydrogen) atoms. The Hall–Kier alpha value is -0.810. The van der Waals surface area contributed by atoms with Crippen LogP contribution < -0.4 is 5.73 Å². The summed E-state index contributed by atoms with van der Waals surface area (Å²) in [7, 11) is 0. The third-order valence-corrected chi connectivity index (χ3v) is 4.73. The molecule has 2 amide bonds. The number of ether oxygens (including phenoxy) is 1. The van der Waals surface area contributed by atoms with Crippen molar-refractivity contribution in [2.24, 2.45) is 11.7 Å². The number of piperidine rings is 1. The lowest BCUT2D eigenvalue weighted by Gasteiger charge is -2.40. The molecule has 5 nitrogen and oxygen atoms in total.